The molecule has 14 heteroatoms. The smallest absolute Gasteiger partial charge is 0.319 e. The lowest BCUT2D eigenvalue weighted by Crippen LogP contribution is -2.45. The molecule has 0 unspecified atom stereocenters. The van der Waals surface area contributed by atoms with Crippen LogP contribution >= 0.6 is 11.6 Å². The highest BCUT2D eigenvalue weighted by atomic mass is 35.5. The van der Waals surface area contributed by atoms with Crippen LogP contribution in [0, 0.1) is 0 Å². The Bertz CT molecular complexity index is 1760. The maximum Gasteiger partial charge on any atom is 0.319 e. The Hall–Kier alpha value is -3.68. The summed E-state index contributed by atoms with van der Waals surface area (Å²) in [5.41, 5.74) is 3.82. The van der Waals surface area contributed by atoms with Crippen molar-refractivity contribution in [1.29, 1.82) is 0 Å². The molecule has 12 nitrogen and oxygen atoms in total. The molecule has 46 heavy (non-hydrogen) atoms. The molecular weight excluding hydrogens is 613 g/mol. The number of carboxylic acids is 1. The van der Waals surface area contributed by atoms with Gasteiger partial charge in [0.2, 0.25) is 0 Å². The van der Waals surface area contributed by atoms with E-state index in [-0.39, 0.29) is 18.0 Å². The number of nitrogens with one attached hydrogen (secondary N) is 2. The lowest BCUT2D eigenvalue weighted by Gasteiger charge is -2.34. The highest BCUT2D eigenvalue weighted by molar-refractivity contribution is 6.33. The molecule has 0 spiro atoms. The molecule has 7 rings (SSSR count). The molecule has 3 aliphatic heterocycles. The molecule has 0 saturated carbocycles. The lowest BCUT2D eigenvalue weighted by atomic mass is 9.95. The van der Waals surface area contributed by atoms with Crippen molar-refractivity contribution in [3.05, 3.63) is 28.9 Å². The number of H-pyrrole nitrogens is 1. The second-order valence-electron chi connectivity index (χ2n) is 12.9. The van der Waals surface area contributed by atoms with Crippen molar-refractivity contribution < 1.29 is 19.0 Å². The van der Waals surface area contributed by atoms with Gasteiger partial charge in [0, 0.05) is 54.5 Å². The minimum Gasteiger partial charge on any atom is -0.481 e. The van der Waals surface area contributed by atoms with Gasteiger partial charge in [0.25, 0.3) is 0 Å². The summed E-state index contributed by atoms with van der Waals surface area (Å²) in [6.45, 7) is 3.24. The average molecular weight is 652 g/mol. The molecule has 244 valence electrons. The largest absolute Gasteiger partial charge is 0.481 e. The molecule has 3 fully saturated rings. The summed E-state index contributed by atoms with van der Waals surface area (Å²) in [6.07, 6.45) is 7.18. The molecule has 4 aromatic rings. The predicted molar refractivity (Wildman–Crippen MR) is 173 cm³/mol. The van der Waals surface area contributed by atoms with E-state index in [1.807, 2.05) is 19.2 Å². The number of rotatable bonds is 11. The second kappa shape index (κ2) is 12.8. The Morgan fingerprint density at radius 2 is 2.11 bits per heavy atom. The van der Waals surface area contributed by atoms with E-state index in [9.17, 15) is 9.18 Å². The fourth-order valence-corrected chi connectivity index (χ4v) is 7.87. The highest BCUT2D eigenvalue weighted by Crippen LogP contribution is 2.41. The van der Waals surface area contributed by atoms with Crippen molar-refractivity contribution in [3.8, 4) is 17.3 Å². The van der Waals surface area contributed by atoms with Crippen molar-refractivity contribution in [2.45, 2.75) is 75.5 Å². The molecule has 3 aliphatic rings. The van der Waals surface area contributed by atoms with Gasteiger partial charge in [-0.05, 0) is 76.2 Å². The van der Waals surface area contributed by atoms with E-state index in [1.54, 1.807) is 6.20 Å². The van der Waals surface area contributed by atoms with Crippen LogP contribution in [0.4, 0.5) is 10.2 Å². The number of anilines is 1. The first-order chi connectivity index (χ1) is 22.3. The molecule has 3 N–H and O–H groups in total. The fourth-order valence-electron chi connectivity index (χ4n) is 7.57. The number of nitrogens with zero attached hydrogens (tertiary/aromatic N) is 7. The molecule has 0 amide bonds. The van der Waals surface area contributed by atoms with E-state index in [2.05, 4.69) is 25.3 Å². The third-order valence-electron chi connectivity index (χ3n) is 9.89. The summed E-state index contributed by atoms with van der Waals surface area (Å²) < 4.78 is 20.9. The SMILES string of the molecule is CN[C@@H]1CCCN(c2nc(OC[C@@]34CCCN3C[C@H](F)C4)nc3cc(-c4c(CCCCC(=O)O)c(Cl)cc5[nH]ncc45)nnc23)C1. The normalized spacial score (nSPS) is 23.4. The number of alkyl halides is 1. The standard InChI is InChI=1S/C32H39ClFN9O3/c1-35-20-6-4-10-42(17-20)30-29-26(37-31(38-30)46-18-32-9-5-11-43(32)16-19(34)14-32)13-25(40-41-29)28-21(7-2-3-8-27(44)45)23(33)12-24-22(28)15-36-39-24/h12-13,15,19-20,35H,2-11,14,16-18H2,1H3,(H,36,39)(H,44,45)/t19-,20-,32+/m1/s1. The van der Waals surface area contributed by atoms with Gasteiger partial charge in [-0.1, -0.05) is 11.6 Å². The van der Waals surface area contributed by atoms with Crippen LogP contribution in [0.15, 0.2) is 18.3 Å². The van der Waals surface area contributed by atoms with Crippen molar-refractivity contribution in [2.24, 2.45) is 0 Å². The Morgan fingerprint density at radius 1 is 1.22 bits per heavy atom. The predicted octanol–water partition coefficient (Wildman–Crippen LogP) is 4.56. The summed E-state index contributed by atoms with van der Waals surface area (Å²) in [6, 6.07) is 4.29. The van der Waals surface area contributed by atoms with Gasteiger partial charge in [0.1, 0.15) is 18.3 Å². The number of unbranched alkanes of at least 4 members (excludes halogenated alkanes) is 1. The monoisotopic (exact) mass is 651 g/mol. The van der Waals surface area contributed by atoms with Gasteiger partial charge in [0.05, 0.1) is 22.9 Å². The maximum atomic E-state index is 14.5. The summed E-state index contributed by atoms with van der Waals surface area (Å²) >= 11 is 6.81. The zero-order valence-electron chi connectivity index (χ0n) is 25.9. The Labute approximate surface area is 271 Å². The van der Waals surface area contributed by atoms with Gasteiger partial charge in [0.15, 0.2) is 11.3 Å². The number of ether oxygens (including phenoxy) is 1. The number of piperidine rings is 1. The van der Waals surface area contributed by atoms with Gasteiger partial charge in [-0.2, -0.15) is 15.1 Å². The van der Waals surface area contributed by atoms with E-state index >= 15 is 0 Å². The van der Waals surface area contributed by atoms with Gasteiger partial charge in [-0.25, -0.2) is 4.39 Å². The van der Waals surface area contributed by atoms with Crippen LogP contribution in [-0.2, 0) is 11.2 Å². The number of hydrogen-bond acceptors (Lipinski definition) is 10. The first kappa shape index (κ1) is 30.9. The third kappa shape index (κ3) is 5.95. The van der Waals surface area contributed by atoms with E-state index in [4.69, 9.17) is 41.6 Å². The van der Waals surface area contributed by atoms with Crippen molar-refractivity contribution in [2.75, 3.05) is 44.7 Å². The molecule has 1 aromatic carbocycles. The molecule has 3 saturated heterocycles. The van der Waals surface area contributed by atoms with E-state index in [0.717, 1.165) is 67.3 Å². The van der Waals surface area contributed by atoms with Crippen molar-refractivity contribution >= 4 is 45.3 Å². The van der Waals surface area contributed by atoms with Crippen LogP contribution in [0.3, 0.4) is 0 Å². The summed E-state index contributed by atoms with van der Waals surface area (Å²) in [5, 5.41) is 30.6. The van der Waals surface area contributed by atoms with Crippen LogP contribution < -0.4 is 15.0 Å². The Morgan fingerprint density at radius 3 is 2.96 bits per heavy atom. The van der Waals surface area contributed by atoms with Crippen LogP contribution in [0.25, 0.3) is 33.2 Å². The summed E-state index contributed by atoms with van der Waals surface area (Å²) in [7, 11) is 1.97. The van der Waals surface area contributed by atoms with Crippen LogP contribution in [0.1, 0.15) is 56.9 Å². The van der Waals surface area contributed by atoms with E-state index in [0.29, 0.717) is 72.4 Å². The molecule has 0 bridgehead atoms. The van der Waals surface area contributed by atoms with Crippen molar-refractivity contribution in [1.82, 2.24) is 40.6 Å². The van der Waals surface area contributed by atoms with E-state index < -0.39 is 12.1 Å². The number of carbonyl (C=O) groups is 1. The van der Waals surface area contributed by atoms with Crippen LogP contribution in [0.5, 0.6) is 6.01 Å². The first-order valence-corrected chi connectivity index (χ1v) is 16.6. The number of fused-ring (bicyclic) bond motifs is 3. The quantitative estimate of drug-likeness (QED) is 0.196. The zero-order valence-corrected chi connectivity index (χ0v) is 26.7. The van der Waals surface area contributed by atoms with Crippen LogP contribution in [-0.4, -0.2) is 104 Å². The zero-order chi connectivity index (χ0) is 31.8. The second-order valence-corrected chi connectivity index (χ2v) is 13.3. The minimum absolute atomic E-state index is 0.0924. The fraction of sp³-hybridized carbons (Fsp3) is 0.562. The third-order valence-corrected chi connectivity index (χ3v) is 10.2. The highest BCUT2D eigenvalue weighted by Gasteiger charge is 2.49. The molecular formula is C32H39ClFN9O3. The Balaban J connectivity index is 1.29. The summed E-state index contributed by atoms with van der Waals surface area (Å²) in [4.78, 5) is 25.3. The first-order valence-electron chi connectivity index (χ1n) is 16.2. The number of aliphatic carboxylic acids is 1. The van der Waals surface area contributed by atoms with E-state index in [1.165, 1.54) is 0 Å². The summed E-state index contributed by atoms with van der Waals surface area (Å²) in [5.74, 6) is -0.152. The molecule has 3 aromatic heterocycles. The maximum absolute atomic E-state index is 14.5. The Kier molecular flexibility index (Phi) is 8.64. The molecule has 3 atom stereocenters. The number of carboxylic acid groups (broad SMARTS) is 1. The molecule has 0 radical (unpaired) electrons. The number of aromatic nitrogens is 6. The van der Waals surface area contributed by atoms with Crippen molar-refractivity contribution in [3.63, 3.8) is 0 Å². The molecule has 6 heterocycles. The van der Waals surface area contributed by atoms with Gasteiger partial charge >= 0.3 is 12.0 Å². The van der Waals surface area contributed by atoms with Gasteiger partial charge < -0.3 is 20.1 Å². The number of aromatic amines is 1. The lowest BCUT2D eigenvalue weighted by molar-refractivity contribution is -0.137. The van der Waals surface area contributed by atoms with Crippen LogP contribution in [0.2, 0.25) is 5.02 Å². The molecule has 0 aliphatic carbocycles. The number of halogens is 2. The van der Waals surface area contributed by atoms with Gasteiger partial charge in [-0.15, -0.1) is 10.2 Å². The minimum atomic E-state index is -0.850. The topological polar surface area (TPSA) is 145 Å². The number of likely N-dealkylation sites (N-methyl/N-ethyl adjacent to an activating group) is 1. The number of hydrogen-bond donors (Lipinski definition) is 3. The average Bonchev–Trinajstić information content (AvgIpc) is 3.75. The number of benzene rings is 1. The van der Waals surface area contributed by atoms with Gasteiger partial charge in [-0.3, -0.25) is 14.8 Å².